The van der Waals surface area contributed by atoms with Crippen LogP contribution >= 0.6 is 0 Å². The molecule has 7 rings (SSSR count). The summed E-state index contributed by atoms with van der Waals surface area (Å²) in [7, 11) is 3.53. The molecule has 250 valence electrons. The summed E-state index contributed by atoms with van der Waals surface area (Å²) in [6.07, 6.45) is 9.69. The fourth-order valence-electron chi connectivity index (χ4n) is 6.95. The molecule has 2 aliphatic heterocycles. The largest absolute Gasteiger partial charge is 0.368 e. The normalized spacial score (nSPS) is 19.1. The van der Waals surface area contributed by atoms with Crippen LogP contribution in [0.15, 0.2) is 42.9 Å². The Morgan fingerprint density at radius 3 is 2.50 bits per heavy atom. The van der Waals surface area contributed by atoms with Crippen molar-refractivity contribution in [2.75, 3.05) is 50.5 Å². The maximum atomic E-state index is 14.7. The number of fused-ring (bicyclic) bond motifs is 1. The van der Waals surface area contributed by atoms with E-state index in [2.05, 4.69) is 40.0 Å². The Bertz CT molecular complexity index is 1850. The lowest BCUT2D eigenvalue weighted by Crippen LogP contribution is -2.46. The van der Waals surface area contributed by atoms with Crippen LogP contribution in [0.1, 0.15) is 72.2 Å². The first-order chi connectivity index (χ1) is 23.2. The van der Waals surface area contributed by atoms with Gasteiger partial charge in [-0.1, -0.05) is 12.8 Å². The second kappa shape index (κ2) is 13.3. The molecule has 0 bridgehead atoms. The molecule has 13 nitrogen and oxygen atoms in total. The Morgan fingerprint density at radius 1 is 1.00 bits per heavy atom. The molecule has 3 aliphatic rings. The van der Waals surface area contributed by atoms with E-state index in [-0.39, 0.29) is 30.2 Å². The summed E-state index contributed by atoms with van der Waals surface area (Å²) >= 11 is 0. The van der Waals surface area contributed by atoms with Crippen molar-refractivity contribution in [1.29, 1.82) is 0 Å². The van der Waals surface area contributed by atoms with Crippen LogP contribution in [0.5, 0.6) is 0 Å². The third-order valence-electron chi connectivity index (χ3n) is 9.56. The van der Waals surface area contributed by atoms with Gasteiger partial charge in [-0.3, -0.25) is 29.6 Å². The van der Waals surface area contributed by atoms with Gasteiger partial charge in [-0.2, -0.15) is 4.98 Å². The topological polar surface area (TPSA) is 141 Å². The number of carbonyl (C=O) groups is 3. The van der Waals surface area contributed by atoms with Crippen LogP contribution in [-0.2, 0) is 16.1 Å². The SMILES string of the molecule is CN(C)C(=O)c1cc2cnc(Nc3ccc(N4CCN(Cc5cc(C6CCC(=O)NC6=O)ncc5F)CC4)cn3)nc2n1C1CCCC1. The molecule has 6 heterocycles. The molecule has 4 aromatic heterocycles. The fourth-order valence-corrected chi connectivity index (χ4v) is 6.95. The van der Waals surface area contributed by atoms with Crippen LogP contribution in [-0.4, -0.2) is 92.3 Å². The summed E-state index contributed by atoms with van der Waals surface area (Å²) in [5.41, 5.74) is 3.35. The highest BCUT2D eigenvalue weighted by Gasteiger charge is 2.30. The molecule has 14 heteroatoms. The number of amides is 3. The quantitative estimate of drug-likeness (QED) is 0.270. The monoisotopic (exact) mass is 654 g/mol. The summed E-state index contributed by atoms with van der Waals surface area (Å²) in [4.78, 5) is 61.0. The molecule has 0 aromatic carbocycles. The number of nitrogens with zero attached hydrogens (tertiary/aromatic N) is 8. The standard InChI is InChI=1S/C34H39FN10O3/c1-42(2)33(48)28-16-21-17-38-34(41-31(21)45(28)23-5-3-4-6-23)39-29-9-7-24(18-37-29)44-13-11-43(12-14-44)20-22-15-27(36-19-26(22)35)25-8-10-30(46)40-32(25)47/h7,9,15-19,23,25H,3-6,8,10-14,20H2,1-2H3,(H,40,46,47)(H,37,38,39,41). The number of carbonyl (C=O) groups excluding carboxylic acids is 3. The number of pyridine rings is 2. The van der Waals surface area contributed by atoms with Crippen molar-refractivity contribution in [2.24, 2.45) is 0 Å². The number of anilines is 3. The Hall–Kier alpha value is -4.98. The predicted molar refractivity (Wildman–Crippen MR) is 177 cm³/mol. The number of hydrogen-bond acceptors (Lipinski definition) is 10. The molecule has 4 aromatic rings. The van der Waals surface area contributed by atoms with Gasteiger partial charge in [-0.05, 0) is 43.5 Å². The Morgan fingerprint density at radius 2 is 1.79 bits per heavy atom. The minimum atomic E-state index is -0.548. The number of nitrogens with one attached hydrogen (secondary N) is 2. The smallest absolute Gasteiger partial charge is 0.270 e. The number of piperazine rings is 1. The van der Waals surface area contributed by atoms with E-state index in [1.165, 1.54) is 6.20 Å². The van der Waals surface area contributed by atoms with Gasteiger partial charge < -0.3 is 19.7 Å². The minimum absolute atomic E-state index is 0.0454. The number of imide groups is 1. The van der Waals surface area contributed by atoms with Gasteiger partial charge in [0.2, 0.25) is 17.8 Å². The number of halogens is 1. The van der Waals surface area contributed by atoms with E-state index >= 15 is 0 Å². The molecule has 0 spiro atoms. The van der Waals surface area contributed by atoms with Crippen LogP contribution in [0, 0.1) is 5.82 Å². The van der Waals surface area contributed by atoms with Gasteiger partial charge in [-0.25, -0.2) is 14.4 Å². The van der Waals surface area contributed by atoms with E-state index in [9.17, 15) is 18.8 Å². The van der Waals surface area contributed by atoms with E-state index in [4.69, 9.17) is 4.98 Å². The molecule has 1 unspecified atom stereocenters. The molecule has 2 saturated heterocycles. The number of rotatable bonds is 8. The fraction of sp³-hybridized carbons (Fsp3) is 0.441. The summed E-state index contributed by atoms with van der Waals surface area (Å²) in [6, 6.07) is 7.69. The molecule has 3 fully saturated rings. The van der Waals surface area contributed by atoms with Crippen molar-refractivity contribution >= 4 is 46.2 Å². The molecule has 1 saturated carbocycles. The molecule has 1 atom stereocenters. The van der Waals surface area contributed by atoms with Gasteiger partial charge in [-0.15, -0.1) is 0 Å². The Balaban J connectivity index is 0.986. The summed E-state index contributed by atoms with van der Waals surface area (Å²) in [5.74, 6) is -0.637. The predicted octanol–water partition coefficient (Wildman–Crippen LogP) is 3.76. The van der Waals surface area contributed by atoms with Gasteiger partial charge in [0.25, 0.3) is 5.91 Å². The summed E-state index contributed by atoms with van der Waals surface area (Å²) in [5, 5.41) is 6.41. The maximum absolute atomic E-state index is 14.7. The first-order valence-corrected chi connectivity index (χ1v) is 16.5. The van der Waals surface area contributed by atoms with Crippen LogP contribution in [0.4, 0.5) is 21.8 Å². The van der Waals surface area contributed by atoms with Gasteiger partial charge in [0.15, 0.2) is 0 Å². The van der Waals surface area contributed by atoms with Gasteiger partial charge in [0, 0.05) is 76.4 Å². The summed E-state index contributed by atoms with van der Waals surface area (Å²) < 4.78 is 16.8. The van der Waals surface area contributed by atoms with Crippen molar-refractivity contribution in [3.63, 3.8) is 0 Å². The van der Waals surface area contributed by atoms with E-state index < -0.39 is 11.7 Å². The second-order valence-corrected chi connectivity index (χ2v) is 13.0. The first kappa shape index (κ1) is 31.6. The van der Waals surface area contributed by atoms with Crippen molar-refractivity contribution in [1.82, 2.24) is 39.6 Å². The van der Waals surface area contributed by atoms with Crippen LogP contribution in [0.2, 0.25) is 0 Å². The number of aromatic nitrogens is 5. The Kier molecular flexibility index (Phi) is 8.73. The van der Waals surface area contributed by atoms with Gasteiger partial charge >= 0.3 is 0 Å². The van der Waals surface area contributed by atoms with E-state index in [0.29, 0.717) is 41.7 Å². The average molecular weight is 655 g/mol. The molecule has 1 aliphatic carbocycles. The number of piperidine rings is 1. The lowest BCUT2D eigenvalue weighted by Gasteiger charge is -2.36. The lowest BCUT2D eigenvalue weighted by atomic mass is 9.93. The highest BCUT2D eigenvalue weighted by Crippen LogP contribution is 2.35. The van der Waals surface area contributed by atoms with Crippen LogP contribution in [0.3, 0.4) is 0 Å². The van der Waals surface area contributed by atoms with E-state index in [1.807, 2.05) is 24.4 Å². The van der Waals surface area contributed by atoms with Crippen molar-refractivity contribution in [3.05, 3.63) is 65.6 Å². The molecule has 3 amide bonds. The van der Waals surface area contributed by atoms with Crippen molar-refractivity contribution in [3.8, 4) is 0 Å². The molecular formula is C34H39FN10O3. The zero-order chi connectivity index (χ0) is 33.4. The highest BCUT2D eigenvalue weighted by molar-refractivity contribution is 6.00. The van der Waals surface area contributed by atoms with Crippen LogP contribution in [0.25, 0.3) is 11.0 Å². The third kappa shape index (κ3) is 6.44. The zero-order valence-electron chi connectivity index (χ0n) is 27.2. The number of hydrogen-bond donors (Lipinski definition) is 2. The van der Waals surface area contributed by atoms with Gasteiger partial charge in [0.05, 0.1) is 29.7 Å². The van der Waals surface area contributed by atoms with E-state index in [0.717, 1.165) is 68.6 Å². The average Bonchev–Trinajstić information content (AvgIpc) is 3.74. The third-order valence-corrected chi connectivity index (χ3v) is 9.56. The van der Waals surface area contributed by atoms with E-state index in [1.54, 1.807) is 31.3 Å². The first-order valence-electron chi connectivity index (χ1n) is 16.5. The molecule has 0 radical (unpaired) electrons. The second-order valence-electron chi connectivity index (χ2n) is 13.0. The van der Waals surface area contributed by atoms with Crippen LogP contribution < -0.4 is 15.5 Å². The van der Waals surface area contributed by atoms with Gasteiger partial charge in [0.1, 0.15) is 23.0 Å². The van der Waals surface area contributed by atoms with Crippen molar-refractivity contribution in [2.45, 2.75) is 57.0 Å². The molecular weight excluding hydrogens is 615 g/mol. The highest BCUT2D eigenvalue weighted by atomic mass is 19.1. The lowest BCUT2D eigenvalue weighted by molar-refractivity contribution is -0.134. The zero-order valence-corrected chi connectivity index (χ0v) is 27.2. The Labute approximate surface area is 277 Å². The summed E-state index contributed by atoms with van der Waals surface area (Å²) in [6.45, 7) is 3.34. The maximum Gasteiger partial charge on any atom is 0.270 e. The minimum Gasteiger partial charge on any atom is -0.368 e. The van der Waals surface area contributed by atoms with Crippen molar-refractivity contribution < 1.29 is 18.8 Å². The molecule has 2 N–H and O–H groups in total. The molecule has 48 heavy (non-hydrogen) atoms.